The first-order chi connectivity index (χ1) is 16.1. The van der Waals surface area contributed by atoms with Gasteiger partial charge >= 0.3 is 6.09 Å². The summed E-state index contributed by atoms with van der Waals surface area (Å²) in [5.41, 5.74) is -0.847. The molecule has 1 amide bonds. The number of hydrogen-bond acceptors (Lipinski definition) is 7. The van der Waals surface area contributed by atoms with Gasteiger partial charge in [-0.2, -0.15) is 4.31 Å². The van der Waals surface area contributed by atoms with Crippen molar-refractivity contribution in [2.45, 2.75) is 68.9 Å². The molecule has 1 aromatic carbocycles. The summed E-state index contributed by atoms with van der Waals surface area (Å²) in [5.74, 6) is 0.583. The van der Waals surface area contributed by atoms with Crippen molar-refractivity contribution in [3.63, 3.8) is 0 Å². The number of carbonyl (C=O) groups excluding carboxylic acids is 1. The van der Waals surface area contributed by atoms with Gasteiger partial charge < -0.3 is 9.15 Å². The molecule has 2 saturated heterocycles. The van der Waals surface area contributed by atoms with Crippen molar-refractivity contribution in [2.75, 3.05) is 19.6 Å². The third-order valence-corrected chi connectivity index (χ3v) is 8.12. The number of ether oxygens (including phenoxy) is 1. The molecule has 0 bridgehead atoms. The van der Waals surface area contributed by atoms with Crippen molar-refractivity contribution in [3.8, 4) is 11.5 Å². The Hall–Kier alpha value is -2.72. The quantitative estimate of drug-likeness (QED) is 0.557. The van der Waals surface area contributed by atoms with E-state index in [-0.39, 0.29) is 10.8 Å². The van der Waals surface area contributed by atoms with E-state index in [4.69, 9.17) is 9.15 Å². The normalized spacial score (nSPS) is 21.7. The number of amides is 1. The fraction of sp³-hybridized carbons (Fsp3) is 0.542. The minimum absolute atomic E-state index is 0.243. The smallest absolute Gasteiger partial charge is 0.411 e. The molecule has 3 heterocycles. The summed E-state index contributed by atoms with van der Waals surface area (Å²) in [6.07, 6.45) is 4.94. The van der Waals surface area contributed by atoms with E-state index in [2.05, 4.69) is 16.8 Å². The van der Waals surface area contributed by atoms with Gasteiger partial charge in [0.15, 0.2) is 0 Å². The SMILES string of the molecule is C=CCC1(c2nnc(-c3ccc(S(=O)(=O)N4CCCC4)cc3)o2)CCCN1C(=O)OC(C)(C)C. The summed E-state index contributed by atoms with van der Waals surface area (Å²) in [7, 11) is -3.50. The molecule has 10 heteroatoms. The van der Waals surface area contributed by atoms with E-state index >= 15 is 0 Å². The fourth-order valence-electron chi connectivity index (χ4n) is 4.60. The van der Waals surface area contributed by atoms with E-state index < -0.39 is 27.3 Å². The summed E-state index contributed by atoms with van der Waals surface area (Å²) in [5, 5.41) is 8.49. The van der Waals surface area contributed by atoms with E-state index in [1.54, 1.807) is 35.2 Å². The monoisotopic (exact) mass is 488 g/mol. The van der Waals surface area contributed by atoms with Crippen molar-refractivity contribution < 1.29 is 22.4 Å². The molecule has 2 aromatic rings. The van der Waals surface area contributed by atoms with Gasteiger partial charge in [0.05, 0.1) is 4.90 Å². The van der Waals surface area contributed by atoms with Gasteiger partial charge in [0.2, 0.25) is 21.8 Å². The molecule has 0 radical (unpaired) electrons. The zero-order valence-corrected chi connectivity index (χ0v) is 20.8. The molecule has 9 nitrogen and oxygen atoms in total. The van der Waals surface area contributed by atoms with Crippen LogP contribution in [0.25, 0.3) is 11.5 Å². The van der Waals surface area contributed by atoms with Crippen LogP contribution >= 0.6 is 0 Å². The molecule has 2 fully saturated rings. The van der Waals surface area contributed by atoms with Crippen LogP contribution in [0.2, 0.25) is 0 Å². The Kier molecular flexibility index (Phi) is 6.56. The Balaban J connectivity index is 1.61. The molecule has 4 rings (SSSR count). The zero-order chi connectivity index (χ0) is 24.6. The number of aromatic nitrogens is 2. The topological polar surface area (TPSA) is 106 Å². The maximum atomic E-state index is 13.0. The first-order valence-electron chi connectivity index (χ1n) is 11.6. The maximum absolute atomic E-state index is 13.0. The standard InChI is InChI=1S/C24H32N4O5S/c1-5-13-24(14-8-17-28(24)22(29)33-23(2,3)4)21-26-25-20(32-21)18-9-11-19(12-10-18)34(30,31)27-15-6-7-16-27/h5,9-12H,1,6-8,13-17H2,2-4H3. The predicted molar refractivity (Wildman–Crippen MR) is 126 cm³/mol. The Morgan fingerprint density at radius 2 is 1.82 bits per heavy atom. The first kappa shape index (κ1) is 24.4. The molecule has 0 saturated carbocycles. The maximum Gasteiger partial charge on any atom is 0.411 e. The van der Waals surface area contributed by atoms with Crippen molar-refractivity contribution in [1.29, 1.82) is 0 Å². The van der Waals surface area contributed by atoms with Crippen LogP contribution in [0.3, 0.4) is 0 Å². The average Bonchev–Trinajstić information content (AvgIpc) is 3.53. The van der Waals surface area contributed by atoms with E-state index in [1.165, 1.54) is 4.31 Å². The molecule has 1 atom stereocenters. The number of carbonyl (C=O) groups is 1. The highest BCUT2D eigenvalue weighted by Crippen LogP contribution is 2.43. The second kappa shape index (κ2) is 9.14. The number of nitrogens with zero attached hydrogens (tertiary/aromatic N) is 4. The van der Waals surface area contributed by atoms with Crippen molar-refractivity contribution in [2.24, 2.45) is 0 Å². The molecule has 1 unspecified atom stereocenters. The van der Waals surface area contributed by atoms with Crippen LogP contribution in [0.4, 0.5) is 4.79 Å². The van der Waals surface area contributed by atoms with Gasteiger partial charge in [-0.1, -0.05) is 6.08 Å². The number of sulfonamides is 1. The molecule has 2 aliphatic heterocycles. The van der Waals surface area contributed by atoms with Crippen LogP contribution in [0, 0.1) is 0 Å². The minimum Gasteiger partial charge on any atom is -0.444 e. The summed E-state index contributed by atoms with van der Waals surface area (Å²) in [6.45, 7) is 11.0. The zero-order valence-electron chi connectivity index (χ0n) is 20.0. The Morgan fingerprint density at radius 3 is 2.44 bits per heavy atom. The third kappa shape index (κ3) is 4.61. The molecular formula is C24H32N4O5S. The van der Waals surface area contributed by atoms with E-state index in [0.717, 1.165) is 19.3 Å². The van der Waals surface area contributed by atoms with Gasteiger partial charge in [0.25, 0.3) is 0 Å². The molecule has 0 spiro atoms. The van der Waals surface area contributed by atoms with Crippen LogP contribution in [0.15, 0.2) is 46.2 Å². The number of hydrogen-bond donors (Lipinski definition) is 0. The van der Waals surface area contributed by atoms with Gasteiger partial charge in [0.1, 0.15) is 11.1 Å². The van der Waals surface area contributed by atoms with Crippen molar-refractivity contribution >= 4 is 16.1 Å². The van der Waals surface area contributed by atoms with Gasteiger partial charge in [-0.3, -0.25) is 4.90 Å². The Morgan fingerprint density at radius 1 is 1.15 bits per heavy atom. The number of rotatable bonds is 6. The number of benzene rings is 1. The fourth-order valence-corrected chi connectivity index (χ4v) is 6.11. The largest absolute Gasteiger partial charge is 0.444 e. The third-order valence-electron chi connectivity index (χ3n) is 6.21. The minimum atomic E-state index is -3.50. The van der Waals surface area contributed by atoms with Crippen LogP contribution in [-0.2, 0) is 20.3 Å². The summed E-state index contributed by atoms with van der Waals surface area (Å²) < 4.78 is 38.8. The highest BCUT2D eigenvalue weighted by molar-refractivity contribution is 7.89. The second-order valence-corrected chi connectivity index (χ2v) is 11.7. The Bertz CT molecular complexity index is 1150. The van der Waals surface area contributed by atoms with E-state index in [9.17, 15) is 13.2 Å². The first-order valence-corrected chi connectivity index (χ1v) is 13.1. The van der Waals surface area contributed by atoms with Crippen molar-refractivity contribution in [1.82, 2.24) is 19.4 Å². The molecule has 1 aromatic heterocycles. The second-order valence-electron chi connectivity index (χ2n) is 9.81. The summed E-state index contributed by atoms with van der Waals surface area (Å²) in [4.78, 5) is 14.9. The molecule has 2 aliphatic rings. The highest BCUT2D eigenvalue weighted by atomic mass is 32.2. The van der Waals surface area contributed by atoms with E-state index in [1.807, 2.05) is 20.8 Å². The highest BCUT2D eigenvalue weighted by Gasteiger charge is 2.49. The summed E-state index contributed by atoms with van der Waals surface area (Å²) >= 11 is 0. The van der Waals surface area contributed by atoms with Gasteiger partial charge in [-0.25, -0.2) is 13.2 Å². The lowest BCUT2D eigenvalue weighted by Gasteiger charge is -2.35. The van der Waals surface area contributed by atoms with Gasteiger partial charge in [-0.05, 0) is 77.1 Å². The van der Waals surface area contributed by atoms with Gasteiger partial charge in [0, 0.05) is 25.2 Å². The van der Waals surface area contributed by atoms with E-state index in [0.29, 0.717) is 43.9 Å². The van der Waals surface area contributed by atoms with Crippen LogP contribution in [0.5, 0.6) is 0 Å². The average molecular weight is 489 g/mol. The number of likely N-dealkylation sites (tertiary alicyclic amines) is 1. The molecule has 184 valence electrons. The lowest BCUT2D eigenvalue weighted by Crippen LogP contribution is -2.47. The predicted octanol–water partition coefficient (Wildman–Crippen LogP) is 4.32. The lowest BCUT2D eigenvalue weighted by molar-refractivity contribution is 0.00219. The lowest BCUT2D eigenvalue weighted by atomic mass is 9.92. The molecule has 34 heavy (non-hydrogen) atoms. The molecular weight excluding hydrogens is 456 g/mol. The van der Waals surface area contributed by atoms with Crippen molar-refractivity contribution in [3.05, 3.63) is 42.8 Å². The van der Waals surface area contributed by atoms with Crippen LogP contribution in [0.1, 0.15) is 58.8 Å². The van der Waals surface area contributed by atoms with Gasteiger partial charge in [-0.15, -0.1) is 16.8 Å². The molecule has 0 N–H and O–H groups in total. The molecule has 0 aliphatic carbocycles. The Labute approximate surface area is 200 Å². The summed E-state index contributed by atoms with van der Waals surface area (Å²) in [6, 6.07) is 6.46. The van der Waals surface area contributed by atoms with Crippen LogP contribution < -0.4 is 0 Å². The van der Waals surface area contributed by atoms with Crippen LogP contribution in [-0.4, -0.2) is 59.1 Å².